The molecule has 1 fully saturated rings. The summed E-state index contributed by atoms with van der Waals surface area (Å²) in [7, 11) is 1.62. The highest BCUT2D eigenvalue weighted by Crippen LogP contribution is 2.22. The fourth-order valence-electron chi connectivity index (χ4n) is 3.71. The van der Waals surface area contributed by atoms with Crippen LogP contribution in [0.3, 0.4) is 0 Å². The zero-order chi connectivity index (χ0) is 19.3. The Hall–Kier alpha value is -3.02. The number of para-hydroxylation sites is 2. The number of imidazole rings is 1. The molecule has 0 N–H and O–H groups in total. The molecule has 0 aliphatic carbocycles. The van der Waals surface area contributed by atoms with E-state index < -0.39 is 0 Å². The predicted molar refractivity (Wildman–Crippen MR) is 108 cm³/mol. The van der Waals surface area contributed by atoms with Gasteiger partial charge in [0, 0.05) is 19.6 Å². The molecule has 6 heteroatoms. The molecule has 0 bridgehead atoms. The van der Waals surface area contributed by atoms with Gasteiger partial charge in [-0.3, -0.25) is 4.79 Å². The maximum Gasteiger partial charge on any atom is 0.260 e. The van der Waals surface area contributed by atoms with Gasteiger partial charge in [-0.25, -0.2) is 4.98 Å². The number of carbonyl (C=O) groups excluding carboxylic acids is 1. The van der Waals surface area contributed by atoms with Gasteiger partial charge in [-0.2, -0.15) is 0 Å². The summed E-state index contributed by atoms with van der Waals surface area (Å²) in [5, 5.41) is 0. The van der Waals surface area contributed by atoms with Crippen LogP contribution in [-0.2, 0) is 11.3 Å². The summed E-state index contributed by atoms with van der Waals surface area (Å²) in [6.07, 6.45) is 3.92. The van der Waals surface area contributed by atoms with E-state index in [9.17, 15) is 4.79 Å². The average molecular weight is 379 g/mol. The van der Waals surface area contributed by atoms with Gasteiger partial charge < -0.3 is 18.9 Å². The van der Waals surface area contributed by atoms with Crippen LogP contribution in [0.4, 0.5) is 0 Å². The lowest BCUT2D eigenvalue weighted by atomic mass is 9.96. The third kappa shape index (κ3) is 4.11. The van der Waals surface area contributed by atoms with E-state index in [1.165, 1.54) is 5.52 Å². The Morgan fingerprint density at radius 3 is 2.54 bits per heavy atom. The summed E-state index contributed by atoms with van der Waals surface area (Å²) in [6.45, 7) is 2.58. The molecular formula is C22H25N3O3. The zero-order valence-electron chi connectivity index (χ0n) is 16.1. The number of piperidine rings is 1. The highest BCUT2D eigenvalue weighted by Gasteiger charge is 2.23. The Labute approximate surface area is 164 Å². The maximum atomic E-state index is 12.5. The molecule has 1 aliphatic heterocycles. The number of nitrogens with zero attached hydrogens (tertiary/aromatic N) is 3. The lowest BCUT2D eigenvalue weighted by Crippen LogP contribution is -2.41. The molecule has 0 unspecified atom stereocenters. The molecule has 1 amide bonds. The summed E-state index contributed by atoms with van der Waals surface area (Å²) in [5.74, 6) is 2.05. The van der Waals surface area contributed by atoms with E-state index in [1.807, 2.05) is 53.7 Å². The second-order valence-electron chi connectivity index (χ2n) is 7.17. The number of hydrogen-bond acceptors (Lipinski definition) is 4. The van der Waals surface area contributed by atoms with Crippen molar-refractivity contribution in [1.29, 1.82) is 0 Å². The molecule has 6 nitrogen and oxygen atoms in total. The molecule has 4 rings (SSSR count). The van der Waals surface area contributed by atoms with Crippen LogP contribution >= 0.6 is 0 Å². The molecule has 1 saturated heterocycles. The van der Waals surface area contributed by atoms with Crippen molar-refractivity contribution in [3.8, 4) is 11.5 Å². The lowest BCUT2D eigenvalue weighted by Gasteiger charge is -2.32. The third-order valence-corrected chi connectivity index (χ3v) is 5.37. The fourth-order valence-corrected chi connectivity index (χ4v) is 3.71. The first-order valence-electron chi connectivity index (χ1n) is 9.67. The molecule has 3 aromatic rings. The minimum absolute atomic E-state index is 0.0438. The zero-order valence-corrected chi connectivity index (χ0v) is 16.1. The Morgan fingerprint density at radius 1 is 1.07 bits per heavy atom. The third-order valence-electron chi connectivity index (χ3n) is 5.37. The van der Waals surface area contributed by atoms with Gasteiger partial charge in [0.2, 0.25) is 0 Å². The van der Waals surface area contributed by atoms with Crippen LogP contribution in [-0.4, -0.2) is 47.2 Å². The van der Waals surface area contributed by atoms with Crippen molar-refractivity contribution in [1.82, 2.24) is 14.5 Å². The Balaban J connectivity index is 1.25. The number of aromatic nitrogens is 2. The van der Waals surface area contributed by atoms with E-state index in [0.717, 1.165) is 43.7 Å². The second-order valence-corrected chi connectivity index (χ2v) is 7.17. The van der Waals surface area contributed by atoms with E-state index in [2.05, 4.69) is 15.6 Å². The van der Waals surface area contributed by atoms with Crippen LogP contribution in [0, 0.1) is 5.92 Å². The normalized spacial score (nSPS) is 15.0. The molecule has 28 heavy (non-hydrogen) atoms. The highest BCUT2D eigenvalue weighted by molar-refractivity contribution is 5.78. The van der Waals surface area contributed by atoms with Crippen molar-refractivity contribution < 1.29 is 14.3 Å². The number of amides is 1. The quantitative estimate of drug-likeness (QED) is 0.659. The fraction of sp³-hybridized carbons (Fsp3) is 0.364. The second kappa shape index (κ2) is 8.33. The van der Waals surface area contributed by atoms with Crippen LogP contribution in [0.25, 0.3) is 11.0 Å². The van der Waals surface area contributed by atoms with Crippen LogP contribution < -0.4 is 9.47 Å². The SMILES string of the molecule is COc1ccc(OCC(=O)N2CCC(Cn3cnc4ccccc43)CC2)cc1. The van der Waals surface area contributed by atoms with Gasteiger partial charge in [-0.1, -0.05) is 12.1 Å². The largest absolute Gasteiger partial charge is 0.497 e. The molecule has 1 aliphatic rings. The van der Waals surface area contributed by atoms with E-state index >= 15 is 0 Å². The van der Waals surface area contributed by atoms with Crippen LogP contribution in [0.5, 0.6) is 11.5 Å². The van der Waals surface area contributed by atoms with Gasteiger partial charge in [-0.15, -0.1) is 0 Å². The number of methoxy groups -OCH3 is 1. The summed E-state index contributed by atoms with van der Waals surface area (Å²) < 4.78 is 13.0. The average Bonchev–Trinajstić information content (AvgIpc) is 3.16. The topological polar surface area (TPSA) is 56.6 Å². The molecule has 0 atom stereocenters. The minimum Gasteiger partial charge on any atom is -0.497 e. The number of fused-ring (bicyclic) bond motifs is 1. The van der Waals surface area contributed by atoms with Crippen molar-refractivity contribution in [2.45, 2.75) is 19.4 Å². The number of hydrogen-bond donors (Lipinski definition) is 0. The van der Waals surface area contributed by atoms with Crippen LogP contribution in [0.1, 0.15) is 12.8 Å². The molecule has 0 spiro atoms. The monoisotopic (exact) mass is 379 g/mol. The first-order valence-corrected chi connectivity index (χ1v) is 9.67. The van der Waals surface area contributed by atoms with Crippen LogP contribution in [0.15, 0.2) is 54.9 Å². The van der Waals surface area contributed by atoms with Gasteiger partial charge >= 0.3 is 0 Å². The van der Waals surface area contributed by atoms with E-state index in [0.29, 0.717) is 11.7 Å². The number of carbonyl (C=O) groups is 1. The Kier molecular flexibility index (Phi) is 5.46. The molecule has 2 aromatic carbocycles. The molecule has 2 heterocycles. The number of ether oxygens (including phenoxy) is 2. The van der Waals surface area contributed by atoms with Gasteiger partial charge in [0.25, 0.3) is 5.91 Å². The van der Waals surface area contributed by atoms with Gasteiger partial charge in [-0.05, 0) is 55.2 Å². The highest BCUT2D eigenvalue weighted by atomic mass is 16.5. The summed E-state index contributed by atoms with van der Waals surface area (Å²) >= 11 is 0. The van der Waals surface area contributed by atoms with Crippen molar-refractivity contribution in [2.75, 3.05) is 26.8 Å². The first kappa shape index (κ1) is 18.3. The van der Waals surface area contributed by atoms with Gasteiger partial charge in [0.15, 0.2) is 6.61 Å². The molecular weight excluding hydrogens is 354 g/mol. The molecule has 1 aromatic heterocycles. The Morgan fingerprint density at radius 2 is 1.79 bits per heavy atom. The summed E-state index contributed by atoms with van der Waals surface area (Å²) in [5.41, 5.74) is 2.21. The van der Waals surface area contributed by atoms with E-state index in [-0.39, 0.29) is 12.5 Å². The van der Waals surface area contributed by atoms with Crippen molar-refractivity contribution in [3.63, 3.8) is 0 Å². The van der Waals surface area contributed by atoms with Gasteiger partial charge in [0.05, 0.1) is 24.5 Å². The van der Waals surface area contributed by atoms with Crippen molar-refractivity contribution in [2.24, 2.45) is 5.92 Å². The van der Waals surface area contributed by atoms with E-state index in [4.69, 9.17) is 9.47 Å². The molecule has 0 radical (unpaired) electrons. The number of benzene rings is 2. The number of rotatable bonds is 6. The standard InChI is InChI=1S/C22H25N3O3/c1-27-18-6-8-19(9-7-18)28-15-22(26)24-12-10-17(11-13-24)14-25-16-23-20-4-2-3-5-21(20)25/h2-9,16-17H,10-15H2,1H3. The first-order chi connectivity index (χ1) is 13.7. The molecule has 146 valence electrons. The predicted octanol–water partition coefficient (Wildman–Crippen LogP) is 3.36. The van der Waals surface area contributed by atoms with E-state index in [1.54, 1.807) is 7.11 Å². The molecule has 0 saturated carbocycles. The summed E-state index contributed by atoms with van der Waals surface area (Å²) in [4.78, 5) is 18.8. The smallest absolute Gasteiger partial charge is 0.260 e. The summed E-state index contributed by atoms with van der Waals surface area (Å²) in [6, 6.07) is 15.5. The number of likely N-dealkylation sites (tertiary alicyclic amines) is 1. The minimum atomic E-state index is 0.0438. The van der Waals surface area contributed by atoms with Crippen molar-refractivity contribution >= 4 is 16.9 Å². The van der Waals surface area contributed by atoms with Crippen molar-refractivity contribution in [3.05, 3.63) is 54.9 Å². The Bertz CT molecular complexity index is 928. The van der Waals surface area contributed by atoms with Crippen LogP contribution in [0.2, 0.25) is 0 Å². The lowest BCUT2D eigenvalue weighted by molar-refractivity contribution is -0.134. The maximum absolute atomic E-state index is 12.5. The van der Waals surface area contributed by atoms with Gasteiger partial charge in [0.1, 0.15) is 11.5 Å².